The van der Waals surface area contributed by atoms with Gasteiger partial charge in [0, 0.05) is 18.7 Å². The molecular weight excluding hydrogens is 591 g/mol. The van der Waals surface area contributed by atoms with Crippen molar-refractivity contribution in [2.75, 3.05) is 50.0 Å². The summed E-state index contributed by atoms with van der Waals surface area (Å²) in [6, 6.07) is 18.5. The maximum absolute atomic E-state index is 13.8. The van der Waals surface area contributed by atoms with Gasteiger partial charge in [-0.3, -0.25) is 14.0 Å². The molecule has 0 N–H and O–H groups in total. The first-order chi connectivity index (χ1) is 18.7. The molecule has 12 heteroatoms. The molecule has 8 nitrogen and oxygen atoms in total. The second kappa shape index (κ2) is 13.6. The van der Waals surface area contributed by atoms with E-state index in [1.165, 1.54) is 27.8 Å². The van der Waals surface area contributed by atoms with E-state index in [1.54, 1.807) is 67.5 Å². The number of hydrogen-bond donors (Lipinski definition) is 0. The first-order valence-electron chi connectivity index (χ1n) is 12.4. The van der Waals surface area contributed by atoms with E-state index in [0.29, 0.717) is 45.6 Å². The summed E-state index contributed by atoms with van der Waals surface area (Å²) in [6.07, 6.45) is 0.717. The lowest BCUT2D eigenvalue weighted by molar-refractivity contribution is 0.0986. The third-order valence-electron chi connectivity index (χ3n) is 6.15. The molecular formula is C28H32Cl2N4O4S2. The molecule has 0 saturated heterocycles. The number of aromatic nitrogens is 1. The summed E-state index contributed by atoms with van der Waals surface area (Å²) in [6.45, 7) is 3.26. The normalized spacial score (nSPS) is 11.3. The molecule has 1 amide bonds. The summed E-state index contributed by atoms with van der Waals surface area (Å²) in [5.41, 5.74) is 1.54. The van der Waals surface area contributed by atoms with Gasteiger partial charge in [-0.1, -0.05) is 41.1 Å². The zero-order valence-corrected chi connectivity index (χ0v) is 25.9. The summed E-state index contributed by atoms with van der Waals surface area (Å²) in [5, 5.41) is 1.03. The minimum Gasteiger partial charge on any atom is -0.494 e. The van der Waals surface area contributed by atoms with Crippen LogP contribution in [0.2, 0.25) is 5.02 Å². The number of carbonyl (C=O) groups is 1. The van der Waals surface area contributed by atoms with Crippen LogP contribution in [0.15, 0.2) is 71.6 Å². The quantitative estimate of drug-likeness (QED) is 0.198. The number of carbonyl (C=O) groups excluding carboxylic acids is 1. The topological polar surface area (TPSA) is 83.1 Å². The highest BCUT2D eigenvalue weighted by molar-refractivity contribution is 7.92. The van der Waals surface area contributed by atoms with Crippen molar-refractivity contribution in [3.8, 4) is 5.75 Å². The van der Waals surface area contributed by atoms with Crippen molar-refractivity contribution in [3.05, 3.63) is 77.3 Å². The number of anilines is 2. The van der Waals surface area contributed by atoms with Crippen LogP contribution >= 0.6 is 35.3 Å². The highest BCUT2D eigenvalue weighted by atomic mass is 35.5. The number of hydrogen-bond acceptors (Lipinski definition) is 7. The molecule has 0 aliphatic heterocycles. The SMILES string of the molecule is CCN(c1ccccc1)S(=O)(=O)c1ccc(C(=O)N(CCCN(C)C)c2nc3c(OC)ccc(Cl)c3s2)cc1.Cl. The Kier molecular flexibility index (Phi) is 10.8. The van der Waals surface area contributed by atoms with Gasteiger partial charge in [-0.2, -0.15) is 0 Å². The third kappa shape index (κ3) is 6.70. The van der Waals surface area contributed by atoms with Crippen LogP contribution in [0, 0.1) is 0 Å². The molecule has 0 saturated carbocycles. The molecule has 40 heavy (non-hydrogen) atoms. The number of halogens is 2. The number of benzene rings is 3. The van der Waals surface area contributed by atoms with Crippen molar-refractivity contribution in [3.63, 3.8) is 0 Å². The summed E-state index contributed by atoms with van der Waals surface area (Å²) in [4.78, 5) is 22.3. The number of ether oxygens (including phenoxy) is 1. The first-order valence-corrected chi connectivity index (χ1v) is 15.1. The molecule has 0 radical (unpaired) electrons. The van der Waals surface area contributed by atoms with E-state index in [9.17, 15) is 13.2 Å². The lowest BCUT2D eigenvalue weighted by Gasteiger charge is -2.23. The number of para-hydroxylation sites is 1. The van der Waals surface area contributed by atoms with Gasteiger partial charge in [0.1, 0.15) is 11.3 Å². The van der Waals surface area contributed by atoms with Crippen LogP contribution in [0.3, 0.4) is 0 Å². The number of nitrogens with zero attached hydrogens (tertiary/aromatic N) is 4. The van der Waals surface area contributed by atoms with E-state index < -0.39 is 10.0 Å². The summed E-state index contributed by atoms with van der Waals surface area (Å²) < 4.78 is 34.3. The molecule has 214 valence electrons. The maximum Gasteiger partial charge on any atom is 0.264 e. The monoisotopic (exact) mass is 622 g/mol. The van der Waals surface area contributed by atoms with E-state index in [1.807, 2.05) is 25.1 Å². The Hall–Kier alpha value is -2.89. The van der Waals surface area contributed by atoms with Crippen LogP contribution in [-0.4, -0.2) is 65.0 Å². The van der Waals surface area contributed by atoms with E-state index in [-0.39, 0.29) is 29.8 Å². The van der Waals surface area contributed by atoms with Crippen LogP contribution in [0.25, 0.3) is 10.2 Å². The molecule has 0 unspecified atom stereocenters. The number of amides is 1. The molecule has 4 rings (SSSR count). The van der Waals surface area contributed by atoms with Gasteiger partial charge in [0.05, 0.1) is 27.4 Å². The van der Waals surface area contributed by atoms with Gasteiger partial charge in [-0.15, -0.1) is 12.4 Å². The summed E-state index contributed by atoms with van der Waals surface area (Å²) in [5.74, 6) is 0.299. The van der Waals surface area contributed by atoms with Crippen molar-refractivity contribution in [2.45, 2.75) is 18.2 Å². The van der Waals surface area contributed by atoms with Crippen LogP contribution in [0.1, 0.15) is 23.7 Å². The Morgan fingerprint density at radius 3 is 2.27 bits per heavy atom. The average Bonchev–Trinajstić information content (AvgIpc) is 3.38. The predicted octanol–water partition coefficient (Wildman–Crippen LogP) is 6.19. The molecule has 1 aromatic heterocycles. The summed E-state index contributed by atoms with van der Waals surface area (Å²) in [7, 11) is 1.71. The summed E-state index contributed by atoms with van der Waals surface area (Å²) >= 11 is 7.75. The molecule has 0 fully saturated rings. The van der Waals surface area contributed by atoms with Gasteiger partial charge in [0.15, 0.2) is 5.13 Å². The molecule has 3 aromatic carbocycles. The lowest BCUT2D eigenvalue weighted by atomic mass is 10.2. The third-order valence-corrected chi connectivity index (χ3v) is 9.61. The second-order valence-corrected chi connectivity index (χ2v) is 12.3. The Bertz CT molecular complexity index is 1550. The van der Waals surface area contributed by atoms with Crippen LogP contribution in [0.5, 0.6) is 5.75 Å². The predicted molar refractivity (Wildman–Crippen MR) is 166 cm³/mol. The number of sulfonamides is 1. The van der Waals surface area contributed by atoms with Gasteiger partial charge >= 0.3 is 0 Å². The number of rotatable bonds is 11. The first kappa shape index (κ1) is 31.6. The van der Waals surface area contributed by atoms with E-state index in [0.717, 1.165) is 11.2 Å². The number of thiazole rings is 1. The Morgan fingerprint density at radius 2 is 1.68 bits per heavy atom. The fraction of sp³-hybridized carbons (Fsp3) is 0.286. The van der Waals surface area contributed by atoms with Gasteiger partial charge in [0.2, 0.25) is 0 Å². The van der Waals surface area contributed by atoms with Crippen molar-refractivity contribution in [1.29, 1.82) is 0 Å². The molecule has 4 aromatic rings. The minimum absolute atomic E-state index is 0. The molecule has 0 bridgehead atoms. The van der Waals surface area contributed by atoms with E-state index in [4.69, 9.17) is 21.3 Å². The fourth-order valence-corrected chi connectivity index (χ4v) is 6.94. The van der Waals surface area contributed by atoms with Crippen LogP contribution in [0.4, 0.5) is 10.8 Å². The van der Waals surface area contributed by atoms with Crippen molar-refractivity contribution in [1.82, 2.24) is 9.88 Å². The number of methoxy groups -OCH3 is 1. The van der Waals surface area contributed by atoms with Crippen LogP contribution in [-0.2, 0) is 10.0 Å². The minimum atomic E-state index is -3.81. The highest BCUT2D eigenvalue weighted by Crippen LogP contribution is 2.39. The van der Waals surface area contributed by atoms with Gasteiger partial charge < -0.3 is 9.64 Å². The Balaban J connectivity index is 0.00000441. The number of fused-ring (bicyclic) bond motifs is 1. The molecule has 0 spiro atoms. The van der Waals surface area contributed by atoms with E-state index in [2.05, 4.69) is 0 Å². The fourth-order valence-electron chi connectivity index (χ4n) is 4.19. The van der Waals surface area contributed by atoms with Crippen molar-refractivity contribution < 1.29 is 17.9 Å². The second-order valence-electron chi connectivity index (χ2n) is 9.07. The smallest absolute Gasteiger partial charge is 0.264 e. The Labute approximate surface area is 250 Å². The van der Waals surface area contributed by atoms with Crippen molar-refractivity contribution in [2.24, 2.45) is 0 Å². The molecule has 0 atom stereocenters. The standard InChI is InChI=1S/C28H31ClN4O4S2.ClH/c1-5-33(21-10-7-6-8-11-21)39(35,36)22-14-12-20(13-15-22)27(34)32(19-9-18-31(2)3)28-30-25-24(37-4)17-16-23(29)26(25)38-28;/h6-8,10-17H,5,9,18-19H2,1-4H3;1H. The molecule has 0 aliphatic rings. The zero-order chi connectivity index (χ0) is 28.2. The van der Waals surface area contributed by atoms with Gasteiger partial charge in [-0.25, -0.2) is 13.4 Å². The van der Waals surface area contributed by atoms with Gasteiger partial charge in [0.25, 0.3) is 15.9 Å². The average molecular weight is 624 g/mol. The van der Waals surface area contributed by atoms with Crippen LogP contribution < -0.4 is 13.9 Å². The van der Waals surface area contributed by atoms with E-state index >= 15 is 0 Å². The van der Waals surface area contributed by atoms with Gasteiger partial charge in [-0.05, 0) is 82.5 Å². The Morgan fingerprint density at radius 1 is 1.00 bits per heavy atom. The largest absolute Gasteiger partial charge is 0.494 e. The molecule has 0 aliphatic carbocycles. The highest BCUT2D eigenvalue weighted by Gasteiger charge is 2.26. The van der Waals surface area contributed by atoms with Crippen molar-refractivity contribution >= 4 is 72.3 Å². The molecule has 1 heterocycles. The zero-order valence-electron chi connectivity index (χ0n) is 22.7. The lowest BCUT2D eigenvalue weighted by Crippen LogP contribution is -2.33. The maximum atomic E-state index is 13.8.